The van der Waals surface area contributed by atoms with Crippen LogP contribution in [0, 0.1) is 5.92 Å². The lowest BCUT2D eigenvalue weighted by atomic mass is 10.2. The Morgan fingerprint density at radius 3 is 2.55 bits per heavy atom. The van der Waals surface area contributed by atoms with Gasteiger partial charge in [-0.2, -0.15) is 0 Å². The SMILES string of the molecule is OC(Cn1cccc1)C1CC1. The van der Waals surface area contributed by atoms with Gasteiger partial charge in [0.25, 0.3) is 0 Å². The minimum Gasteiger partial charge on any atom is -0.391 e. The lowest BCUT2D eigenvalue weighted by Gasteiger charge is -2.09. The smallest absolute Gasteiger partial charge is 0.0747 e. The quantitative estimate of drug-likeness (QED) is 0.691. The van der Waals surface area contributed by atoms with Crippen LogP contribution in [-0.4, -0.2) is 15.8 Å². The number of hydrogen-bond acceptors (Lipinski definition) is 1. The summed E-state index contributed by atoms with van der Waals surface area (Å²) in [6.07, 6.45) is 6.28. The normalized spacial score (nSPS) is 20.1. The second-order valence-electron chi connectivity index (χ2n) is 3.28. The molecule has 1 heterocycles. The van der Waals surface area contributed by atoms with Gasteiger partial charge in [-0.3, -0.25) is 0 Å². The molecule has 1 aliphatic rings. The number of aliphatic hydroxyl groups excluding tert-OH is 1. The summed E-state index contributed by atoms with van der Waals surface area (Å²) in [6.45, 7) is 0.762. The molecule has 0 saturated heterocycles. The van der Waals surface area contributed by atoms with Gasteiger partial charge in [0.05, 0.1) is 6.10 Å². The van der Waals surface area contributed by atoms with Crippen molar-refractivity contribution < 1.29 is 5.11 Å². The fraction of sp³-hybridized carbons (Fsp3) is 0.556. The summed E-state index contributed by atoms with van der Waals surface area (Å²) in [5, 5.41) is 9.54. The highest BCUT2D eigenvalue weighted by Gasteiger charge is 2.29. The van der Waals surface area contributed by atoms with E-state index >= 15 is 0 Å². The second kappa shape index (κ2) is 2.70. The molecule has 1 aromatic rings. The van der Waals surface area contributed by atoms with Crippen molar-refractivity contribution in [2.45, 2.75) is 25.5 Å². The zero-order valence-electron chi connectivity index (χ0n) is 6.48. The largest absolute Gasteiger partial charge is 0.391 e. The van der Waals surface area contributed by atoms with Crippen LogP contribution in [0.1, 0.15) is 12.8 Å². The van der Waals surface area contributed by atoms with Gasteiger partial charge in [-0.25, -0.2) is 0 Å². The van der Waals surface area contributed by atoms with Crippen LogP contribution in [0.3, 0.4) is 0 Å². The van der Waals surface area contributed by atoms with Gasteiger partial charge in [0, 0.05) is 18.9 Å². The molecule has 0 radical (unpaired) electrons. The van der Waals surface area contributed by atoms with E-state index in [1.54, 1.807) is 0 Å². The summed E-state index contributed by atoms with van der Waals surface area (Å²) >= 11 is 0. The molecule has 2 nitrogen and oxygen atoms in total. The fourth-order valence-corrected chi connectivity index (χ4v) is 1.34. The molecule has 1 saturated carbocycles. The molecule has 11 heavy (non-hydrogen) atoms. The molecule has 1 fully saturated rings. The van der Waals surface area contributed by atoms with E-state index in [-0.39, 0.29) is 6.10 Å². The zero-order chi connectivity index (χ0) is 7.68. The number of rotatable bonds is 3. The number of aromatic nitrogens is 1. The van der Waals surface area contributed by atoms with Gasteiger partial charge in [0.2, 0.25) is 0 Å². The van der Waals surface area contributed by atoms with Crippen LogP contribution in [0.2, 0.25) is 0 Å². The first-order valence-electron chi connectivity index (χ1n) is 4.15. The van der Waals surface area contributed by atoms with Crippen molar-refractivity contribution in [2.75, 3.05) is 0 Å². The average molecular weight is 151 g/mol. The Labute approximate surface area is 66.5 Å². The van der Waals surface area contributed by atoms with Gasteiger partial charge in [0.15, 0.2) is 0 Å². The Morgan fingerprint density at radius 2 is 2.00 bits per heavy atom. The minimum atomic E-state index is -0.123. The third kappa shape index (κ3) is 1.63. The van der Waals surface area contributed by atoms with Crippen molar-refractivity contribution in [2.24, 2.45) is 5.92 Å². The van der Waals surface area contributed by atoms with Gasteiger partial charge >= 0.3 is 0 Å². The van der Waals surface area contributed by atoms with E-state index in [1.165, 1.54) is 12.8 Å². The second-order valence-corrected chi connectivity index (χ2v) is 3.28. The third-order valence-corrected chi connectivity index (χ3v) is 2.23. The highest BCUT2D eigenvalue weighted by Crippen LogP contribution is 2.33. The Balaban J connectivity index is 1.89. The number of nitrogens with zero attached hydrogens (tertiary/aromatic N) is 1. The predicted molar refractivity (Wildman–Crippen MR) is 43.2 cm³/mol. The molecular formula is C9H13NO. The molecule has 60 valence electrons. The van der Waals surface area contributed by atoms with E-state index in [1.807, 2.05) is 29.1 Å². The Kier molecular flexibility index (Phi) is 1.70. The van der Waals surface area contributed by atoms with E-state index in [0.29, 0.717) is 5.92 Å². The van der Waals surface area contributed by atoms with Crippen LogP contribution in [-0.2, 0) is 6.54 Å². The molecule has 1 aliphatic carbocycles. The topological polar surface area (TPSA) is 25.2 Å². The van der Waals surface area contributed by atoms with Gasteiger partial charge in [-0.1, -0.05) is 0 Å². The van der Waals surface area contributed by atoms with Crippen molar-refractivity contribution in [3.63, 3.8) is 0 Å². The van der Waals surface area contributed by atoms with E-state index in [0.717, 1.165) is 6.54 Å². The minimum absolute atomic E-state index is 0.123. The van der Waals surface area contributed by atoms with Crippen LogP contribution in [0.25, 0.3) is 0 Å². The molecule has 0 spiro atoms. The van der Waals surface area contributed by atoms with Crippen molar-refractivity contribution in [3.05, 3.63) is 24.5 Å². The summed E-state index contributed by atoms with van der Waals surface area (Å²) in [5.74, 6) is 0.581. The van der Waals surface area contributed by atoms with E-state index in [4.69, 9.17) is 0 Å². The van der Waals surface area contributed by atoms with E-state index in [9.17, 15) is 5.11 Å². The standard InChI is InChI=1S/C9H13NO/c11-9(8-3-4-8)7-10-5-1-2-6-10/h1-2,5-6,8-9,11H,3-4,7H2. The van der Waals surface area contributed by atoms with E-state index < -0.39 is 0 Å². The zero-order valence-corrected chi connectivity index (χ0v) is 6.48. The Bertz CT molecular complexity index is 213. The van der Waals surface area contributed by atoms with Gasteiger partial charge in [-0.15, -0.1) is 0 Å². The predicted octanol–water partition coefficient (Wildman–Crippen LogP) is 1.26. The van der Waals surface area contributed by atoms with Crippen molar-refractivity contribution in [1.29, 1.82) is 0 Å². The average Bonchev–Trinajstić information content (AvgIpc) is 2.73. The number of hydrogen-bond donors (Lipinski definition) is 1. The summed E-state index contributed by atoms with van der Waals surface area (Å²) in [6, 6.07) is 3.97. The molecule has 0 amide bonds. The maximum Gasteiger partial charge on any atom is 0.0747 e. The van der Waals surface area contributed by atoms with Crippen LogP contribution < -0.4 is 0 Å². The molecule has 2 heteroatoms. The molecular weight excluding hydrogens is 138 g/mol. The lowest BCUT2D eigenvalue weighted by molar-refractivity contribution is 0.131. The third-order valence-electron chi connectivity index (χ3n) is 2.23. The molecule has 1 atom stereocenters. The van der Waals surface area contributed by atoms with Crippen LogP contribution >= 0.6 is 0 Å². The first kappa shape index (κ1) is 6.92. The Hall–Kier alpha value is -0.760. The number of aliphatic hydroxyl groups is 1. The maximum absolute atomic E-state index is 9.54. The lowest BCUT2D eigenvalue weighted by Crippen LogP contribution is -2.16. The first-order valence-corrected chi connectivity index (χ1v) is 4.15. The molecule has 2 rings (SSSR count). The molecule has 1 N–H and O–H groups in total. The van der Waals surface area contributed by atoms with Crippen molar-refractivity contribution in [1.82, 2.24) is 4.57 Å². The molecule has 0 aliphatic heterocycles. The molecule has 0 aromatic carbocycles. The highest BCUT2D eigenvalue weighted by atomic mass is 16.3. The summed E-state index contributed by atoms with van der Waals surface area (Å²) in [7, 11) is 0. The van der Waals surface area contributed by atoms with Crippen molar-refractivity contribution >= 4 is 0 Å². The first-order chi connectivity index (χ1) is 5.36. The van der Waals surface area contributed by atoms with Gasteiger partial charge < -0.3 is 9.67 Å². The van der Waals surface area contributed by atoms with Crippen LogP contribution in [0.5, 0.6) is 0 Å². The molecule has 1 aromatic heterocycles. The Morgan fingerprint density at radius 1 is 1.36 bits per heavy atom. The highest BCUT2D eigenvalue weighted by molar-refractivity contribution is 4.92. The van der Waals surface area contributed by atoms with Crippen LogP contribution in [0.15, 0.2) is 24.5 Å². The molecule has 0 bridgehead atoms. The molecule has 1 unspecified atom stereocenters. The van der Waals surface area contributed by atoms with Crippen molar-refractivity contribution in [3.8, 4) is 0 Å². The summed E-state index contributed by atoms with van der Waals surface area (Å²) < 4.78 is 2.03. The van der Waals surface area contributed by atoms with Gasteiger partial charge in [-0.05, 0) is 30.9 Å². The monoisotopic (exact) mass is 151 g/mol. The van der Waals surface area contributed by atoms with E-state index in [2.05, 4.69) is 0 Å². The summed E-state index contributed by atoms with van der Waals surface area (Å²) in [4.78, 5) is 0. The van der Waals surface area contributed by atoms with Gasteiger partial charge in [0.1, 0.15) is 0 Å². The van der Waals surface area contributed by atoms with Crippen LogP contribution in [0.4, 0.5) is 0 Å². The maximum atomic E-state index is 9.54. The summed E-state index contributed by atoms with van der Waals surface area (Å²) in [5.41, 5.74) is 0. The fourth-order valence-electron chi connectivity index (χ4n) is 1.34.